The van der Waals surface area contributed by atoms with Gasteiger partial charge < -0.3 is 4.57 Å². The third kappa shape index (κ3) is 3.19. The Labute approximate surface area is 229 Å². The molecule has 0 saturated heterocycles. The molecule has 8 rings (SSSR count). The van der Waals surface area contributed by atoms with E-state index in [-0.39, 0.29) is 5.82 Å². The topological polar surface area (TPSA) is 72.3 Å². The third-order valence-electron chi connectivity index (χ3n) is 7.47. The van der Waals surface area contributed by atoms with E-state index in [0.29, 0.717) is 11.8 Å². The molecule has 0 spiro atoms. The molecule has 3 heterocycles. The highest BCUT2D eigenvalue weighted by Gasteiger charge is 2.20. The van der Waals surface area contributed by atoms with Gasteiger partial charge in [-0.2, -0.15) is 20.2 Å². The zero-order chi connectivity index (χ0) is 26.6. The minimum Gasteiger partial charge on any atom is -0.309 e. The Hall–Kier alpha value is -5.80. The van der Waals surface area contributed by atoms with Gasteiger partial charge in [-0.1, -0.05) is 84.9 Å². The second-order valence-electron chi connectivity index (χ2n) is 9.65. The van der Waals surface area contributed by atoms with Gasteiger partial charge in [0.05, 0.1) is 27.8 Å². The Kier molecular flexibility index (Phi) is 4.78. The van der Waals surface area contributed by atoms with Crippen LogP contribution >= 0.6 is 0 Å². The maximum atomic E-state index is 9.98. The zero-order valence-corrected chi connectivity index (χ0v) is 21.2. The lowest BCUT2D eigenvalue weighted by atomic mass is 10.1. The molecule has 6 heteroatoms. The second-order valence-corrected chi connectivity index (χ2v) is 9.65. The average molecular weight is 513 g/mol. The van der Waals surface area contributed by atoms with Gasteiger partial charge in [-0.25, -0.2) is 0 Å². The first kappa shape index (κ1) is 22.2. The van der Waals surface area contributed by atoms with Crippen molar-refractivity contribution in [3.8, 4) is 29.1 Å². The molecule has 0 radical (unpaired) electrons. The van der Waals surface area contributed by atoms with Crippen LogP contribution in [0.2, 0.25) is 0 Å². The summed E-state index contributed by atoms with van der Waals surface area (Å²) in [6.07, 6.45) is 0. The molecule has 0 unspecified atom stereocenters. The number of nitriles is 1. The van der Waals surface area contributed by atoms with Gasteiger partial charge in [0.2, 0.25) is 11.8 Å². The van der Waals surface area contributed by atoms with Gasteiger partial charge >= 0.3 is 0 Å². The van der Waals surface area contributed by atoms with Crippen LogP contribution in [0, 0.1) is 11.3 Å². The zero-order valence-electron chi connectivity index (χ0n) is 21.2. The molecular weight excluding hydrogens is 492 g/mol. The highest BCUT2D eigenvalue weighted by molar-refractivity contribution is 6.10. The maximum Gasteiger partial charge on any atom is 0.239 e. The normalized spacial score (nSPS) is 11.5. The van der Waals surface area contributed by atoms with Crippen LogP contribution in [0.5, 0.6) is 0 Å². The fourth-order valence-electron chi connectivity index (χ4n) is 5.81. The van der Waals surface area contributed by atoms with Crippen molar-refractivity contribution in [1.29, 1.82) is 5.26 Å². The van der Waals surface area contributed by atoms with Crippen LogP contribution in [0.25, 0.3) is 66.6 Å². The van der Waals surface area contributed by atoms with Crippen LogP contribution < -0.4 is 0 Å². The van der Waals surface area contributed by atoms with Crippen molar-refractivity contribution in [3.05, 3.63) is 127 Å². The standard InChI is InChI=1S/C34H20N6/c35-21-32-36-33(38-34(37-32)40-29-18-8-3-13-24(29)25-14-4-9-19-30(25)40)26-15-5-10-20-31(26)39-27-16-6-1-11-22(27)23-12-2-7-17-28(23)39/h1-20H. The number of nitrogens with zero attached hydrogens (tertiary/aromatic N) is 6. The molecule has 0 aliphatic rings. The van der Waals surface area contributed by atoms with Gasteiger partial charge in [0.1, 0.15) is 6.07 Å². The van der Waals surface area contributed by atoms with E-state index >= 15 is 0 Å². The van der Waals surface area contributed by atoms with Crippen LogP contribution in [-0.2, 0) is 0 Å². The van der Waals surface area contributed by atoms with Gasteiger partial charge in [0, 0.05) is 27.1 Å². The predicted octanol–water partition coefficient (Wildman–Crippen LogP) is 7.60. The fraction of sp³-hybridized carbons (Fsp3) is 0. The second kappa shape index (κ2) is 8.62. The SMILES string of the molecule is N#Cc1nc(-c2ccccc2-n2c3ccccc3c3ccccc32)nc(-n2c3ccccc3c3ccccc32)n1. The van der Waals surface area contributed by atoms with Crippen molar-refractivity contribution in [3.63, 3.8) is 0 Å². The van der Waals surface area contributed by atoms with Crippen molar-refractivity contribution in [1.82, 2.24) is 24.1 Å². The van der Waals surface area contributed by atoms with Crippen LogP contribution in [0.1, 0.15) is 5.82 Å². The van der Waals surface area contributed by atoms with E-state index < -0.39 is 0 Å². The van der Waals surface area contributed by atoms with E-state index in [1.807, 2.05) is 47.0 Å². The van der Waals surface area contributed by atoms with Crippen molar-refractivity contribution < 1.29 is 0 Å². The first-order valence-corrected chi connectivity index (χ1v) is 13.0. The highest BCUT2D eigenvalue weighted by Crippen LogP contribution is 2.36. The minimum atomic E-state index is 0.0684. The Morgan fingerprint density at radius 1 is 0.475 bits per heavy atom. The van der Waals surface area contributed by atoms with Crippen molar-refractivity contribution in [2.24, 2.45) is 0 Å². The van der Waals surface area contributed by atoms with E-state index in [4.69, 9.17) is 4.98 Å². The lowest BCUT2D eigenvalue weighted by Gasteiger charge is -2.14. The number of rotatable bonds is 3. The van der Waals surface area contributed by atoms with E-state index in [2.05, 4.69) is 99.5 Å². The summed E-state index contributed by atoms with van der Waals surface area (Å²) in [6, 6.07) is 43.4. The molecule has 5 aromatic carbocycles. The van der Waals surface area contributed by atoms with Crippen LogP contribution in [-0.4, -0.2) is 24.1 Å². The molecule has 6 nitrogen and oxygen atoms in total. The number of benzene rings is 5. The summed E-state index contributed by atoms with van der Waals surface area (Å²) in [7, 11) is 0. The molecule has 0 N–H and O–H groups in total. The Balaban J connectivity index is 1.43. The molecule has 0 atom stereocenters. The molecule has 186 valence electrons. The summed E-state index contributed by atoms with van der Waals surface area (Å²) >= 11 is 0. The van der Waals surface area contributed by atoms with Crippen molar-refractivity contribution in [2.45, 2.75) is 0 Å². The summed E-state index contributed by atoms with van der Waals surface area (Å²) in [4.78, 5) is 14.2. The Bertz CT molecular complexity index is 2190. The van der Waals surface area contributed by atoms with Gasteiger partial charge in [-0.05, 0) is 36.4 Å². The minimum absolute atomic E-state index is 0.0684. The lowest BCUT2D eigenvalue weighted by molar-refractivity contribution is 0.929. The highest BCUT2D eigenvalue weighted by atomic mass is 15.2. The number of para-hydroxylation sites is 5. The average Bonchev–Trinajstić information content (AvgIpc) is 3.54. The number of hydrogen-bond donors (Lipinski definition) is 0. The van der Waals surface area contributed by atoms with E-state index in [1.165, 1.54) is 10.8 Å². The lowest BCUT2D eigenvalue weighted by Crippen LogP contribution is -2.08. The summed E-state index contributed by atoms with van der Waals surface area (Å²) in [5, 5.41) is 14.5. The summed E-state index contributed by atoms with van der Waals surface area (Å²) < 4.78 is 4.26. The molecule has 0 amide bonds. The van der Waals surface area contributed by atoms with Gasteiger partial charge in [0.15, 0.2) is 5.82 Å². The molecule has 0 saturated carbocycles. The molecule has 0 aliphatic carbocycles. The van der Waals surface area contributed by atoms with Crippen molar-refractivity contribution in [2.75, 3.05) is 0 Å². The predicted molar refractivity (Wildman–Crippen MR) is 159 cm³/mol. The van der Waals surface area contributed by atoms with Gasteiger partial charge in [0.25, 0.3) is 0 Å². The summed E-state index contributed by atoms with van der Waals surface area (Å²) in [5.74, 6) is 0.927. The number of hydrogen-bond acceptors (Lipinski definition) is 4. The largest absolute Gasteiger partial charge is 0.309 e. The van der Waals surface area contributed by atoms with Crippen LogP contribution in [0.3, 0.4) is 0 Å². The van der Waals surface area contributed by atoms with E-state index in [0.717, 1.165) is 44.1 Å². The first-order valence-electron chi connectivity index (χ1n) is 13.0. The quantitative estimate of drug-likeness (QED) is 0.244. The molecular formula is C34H20N6. The molecule has 0 fully saturated rings. The van der Waals surface area contributed by atoms with Crippen LogP contribution in [0.15, 0.2) is 121 Å². The smallest absolute Gasteiger partial charge is 0.239 e. The molecule has 0 bridgehead atoms. The maximum absolute atomic E-state index is 9.98. The number of fused-ring (bicyclic) bond motifs is 6. The third-order valence-corrected chi connectivity index (χ3v) is 7.47. The van der Waals surface area contributed by atoms with Crippen molar-refractivity contribution >= 4 is 43.6 Å². The molecule has 40 heavy (non-hydrogen) atoms. The summed E-state index contributed by atoms with van der Waals surface area (Å²) in [6.45, 7) is 0. The van der Waals surface area contributed by atoms with Gasteiger partial charge in [-0.15, -0.1) is 0 Å². The Morgan fingerprint density at radius 3 is 1.45 bits per heavy atom. The fourth-order valence-corrected chi connectivity index (χ4v) is 5.81. The first-order chi connectivity index (χ1) is 19.8. The monoisotopic (exact) mass is 512 g/mol. The van der Waals surface area contributed by atoms with Gasteiger partial charge in [-0.3, -0.25) is 4.57 Å². The molecule has 0 aliphatic heterocycles. The Morgan fingerprint density at radius 2 is 0.925 bits per heavy atom. The molecule has 8 aromatic rings. The molecule has 3 aromatic heterocycles. The summed E-state index contributed by atoms with van der Waals surface area (Å²) in [5.41, 5.74) is 5.88. The number of aromatic nitrogens is 5. The van der Waals surface area contributed by atoms with E-state index in [9.17, 15) is 5.26 Å². The van der Waals surface area contributed by atoms with Crippen LogP contribution in [0.4, 0.5) is 0 Å². The van der Waals surface area contributed by atoms with E-state index in [1.54, 1.807) is 0 Å².